The van der Waals surface area contributed by atoms with Crippen LogP contribution >= 0.6 is 0 Å². The van der Waals surface area contributed by atoms with Crippen LogP contribution in [0.25, 0.3) is 10.9 Å². The van der Waals surface area contributed by atoms with Crippen molar-refractivity contribution in [3.8, 4) is 0 Å². The Morgan fingerprint density at radius 1 is 1.53 bits per heavy atom. The van der Waals surface area contributed by atoms with Crippen molar-refractivity contribution < 1.29 is 18.7 Å². The molecule has 0 radical (unpaired) electrons. The van der Waals surface area contributed by atoms with Crippen molar-refractivity contribution in [2.45, 2.75) is 0 Å². The number of ether oxygens (including phenoxy) is 1. The van der Waals surface area contributed by atoms with E-state index in [0.717, 1.165) is 6.07 Å². The molecule has 0 unspecified atom stereocenters. The van der Waals surface area contributed by atoms with Gasteiger partial charge in [0.1, 0.15) is 11.5 Å². The summed E-state index contributed by atoms with van der Waals surface area (Å²) in [5.41, 5.74) is 0.452. The first-order valence-corrected chi connectivity index (χ1v) is 4.78. The minimum Gasteiger partial charge on any atom is -0.465 e. The third-order valence-corrected chi connectivity index (χ3v) is 2.46. The van der Waals surface area contributed by atoms with Gasteiger partial charge in [-0.25, -0.2) is 9.18 Å². The molecular weight excluding hydrogens is 227 g/mol. The molecule has 0 N–H and O–H groups in total. The fourth-order valence-electron chi connectivity index (χ4n) is 1.74. The largest absolute Gasteiger partial charge is 0.465 e. The molecule has 1 heterocycles. The van der Waals surface area contributed by atoms with Gasteiger partial charge in [-0.15, -0.1) is 0 Å². The number of halogens is 1. The Kier molecular flexibility index (Phi) is 2.63. The van der Waals surface area contributed by atoms with Crippen molar-refractivity contribution in [3.63, 3.8) is 0 Å². The number of benzene rings is 1. The average molecular weight is 236 g/mol. The van der Waals surface area contributed by atoms with E-state index in [0.29, 0.717) is 17.2 Å². The van der Waals surface area contributed by atoms with Gasteiger partial charge in [-0.3, -0.25) is 9.48 Å². The number of methoxy groups -OCH3 is 1. The van der Waals surface area contributed by atoms with E-state index in [1.165, 1.54) is 17.9 Å². The summed E-state index contributed by atoms with van der Waals surface area (Å²) in [4.78, 5) is 22.4. The lowest BCUT2D eigenvalue weighted by Gasteiger charge is -2.02. The third kappa shape index (κ3) is 1.67. The number of carbonyl (C=O) groups excluding carboxylic acids is 2. The van der Waals surface area contributed by atoms with Crippen LogP contribution in [0.5, 0.6) is 0 Å². The van der Waals surface area contributed by atoms with Gasteiger partial charge in [0.2, 0.25) is 0 Å². The minimum atomic E-state index is -0.703. The maximum absolute atomic E-state index is 13.3. The van der Waals surface area contributed by atoms with E-state index in [-0.39, 0.29) is 11.3 Å². The number of esters is 1. The number of hydrogen-bond donors (Lipinski definition) is 0. The molecular formula is C11H9FN2O3. The standard InChI is InChI=1S/C11H9FN2O3/c1-14-9-4-6(12)3-7(11(16)17-2)10(9)8(5-15)13-14/h3-5H,1-2H3. The van der Waals surface area contributed by atoms with E-state index in [1.807, 2.05) is 0 Å². The van der Waals surface area contributed by atoms with E-state index in [4.69, 9.17) is 0 Å². The number of hydrogen-bond acceptors (Lipinski definition) is 4. The summed E-state index contributed by atoms with van der Waals surface area (Å²) in [6.45, 7) is 0. The number of rotatable bonds is 2. The van der Waals surface area contributed by atoms with Gasteiger partial charge in [-0.05, 0) is 12.1 Å². The van der Waals surface area contributed by atoms with Gasteiger partial charge in [-0.1, -0.05) is 0 Å². The van der Waals surface area contributed by atoms with Crippen molar-refractivity contribution in [1.82, 2.24) is 9.78 Å². The van der Waals surface area contributed by atoms with E-state index >= 15 is 0 Å². The molecule has 1 aromatic heterocycles. The zero-order valence-electron chi connectivity index (χ0n) is 9.23. The second-order valence-electron chi connectivity index (χ2n) is 3.47. The molecule has 0 aliphatic rings. The highest BCUT2D eigenvalue weighted by atomic mass is 19.1. The second kappa shape index (κ2) is 3.97. The molecule has 0 amide bonds. The molecule has 0 aliphatic heterocycles. The highest BCUT2D eigenvalue weighted by molar-refractivity contribution is 6.09. The van der Waals surface area contributed by atoms with Gasteiger partial charge < -0.3 is 4.74 Å². The molecule has 6 heteroatoms. The first-order valence-electron chi connectivity index (χ1n) is 4.78. The molecule has 2 rings (SSSR count). The summed E-state index contributed by atoms with van der Waals surface area (Å²) in [6, 6.07) is 2.24. The van der Waals surface area contributed by atoms with E-state index < -0.39 is 11.8 Å². The van der Waals surface area contributed by atoms with Gasteiger partial charge in [0.05, 0.1) is 18.2 Å². The number of nitrogens with zero attached hydrogens (tertiary/aromatic N) is 2. The van der Waals surface area contributed by atoms with E-state index in [9.17, 15) is 14.0 Å². The lowest BCUT2D eigenvalue weighted by Crippen LogP contribution is -2.03. The molecule has 2 aromatic rings. The molecule has 0 saturated heterocycles. The molecule has 0 atom stereocenters. The van der Waals surface area contributed by atoms with Crippen molar-refractivity contribution in [1.29, 1.82) is 0 Å². The predicted molar refractivity (Wildman–Crippen MR) is 57.4 cm³/mol. The lowest BCUT2D eigenvalue weighted by molar-refractivity contribution is 0.0602. The van der Waals surface area contributed by atoms with Gasteiger partial charge in [0.25, 0.3) is 0 Å². The van der Waals surface area contributed by atoms with E-state index in [1.54, 1.807) is 7.05 Å². The van der Waals surface area contributed by atoms with Crippen LogP contribution in [0, 0.1) is 5.82 Å². The molecule has 0 bridgehead atoms. The maximum atomic E-state index is 13.3. The highest BCUT2D eigenvalue weighted by Crippen LogP contribution is 2.23. The smallest absolute Gasteiger partial charge is 0.338 e. The zero-order chi connectivity index (χ0) is 12.6. The van der Waals surface area contributed by atoms with Crippen LogP contribution in [-0.4, -0.2) is 29.1 Å². The third-order valence-electron chi connectivity index (χ3n) is 2.46. The summed E-state index contributed by atoms with van der Waals surface area (Å²) >= 11 is 0. The lowest BCUT2D eigenvalue weighted by atomic mass is 10.1. The van der Waals surface area contributed by atoms with Crippen LogP contribution in [0.4, 0.5) is 4.39 Å². The molecule has 88 valence electrons. The topological polar surface area (TPSA) is 61.2 Å². The van der Waals surface area contributed by atoms with Crippen molar-refractivity contribution in [3.05, 3.63) is 29.2 Å². The molecule has 0 spiro atoms. The van der Waals surface area contributed by atoms with Crippen molar-refractivity contribution in [2.75, 3.05) is 7.11 Å². The first-order chi connectivity index (χ1) is 8.08. The van der Waals surface area contributed by atoms with Gasteiger partial charge in [0, 0.05) is 12.4 Å². The van der Waals surface area contributed by atoms with Gasteiger partial charge in [0.15, 0.2) is 6.29 Å². The number of aldehydes is 1. The summed E-state index contributed by atoms with van der Waals surface area (Å²) in [5, 5.41) is 4.20. The number of fused-ring (bicyclic) bond motifs is 1. The Morgan fingerprint density at radius 2 is 2.24 bits per heavy atom. The van der Waals surface area contributed by atoms with Crippen LogP contribution in [0.2, 0.25) is 0 Å². The number of aryl methyl sites for hydroxylation is 1. The Bertz CT molecular complexity index is 619. The highest BCUT2D eigenvalue weighted by Gasteiger charge is 2.19. The summed E-state index contributed by atoms with van der Waals surface area (Å²) in [6.07, 6.45) is 0.521. The molecule has 0 saturated carbocycles. The summed E-state index contributed by atoms with van der Waals surface area (Å²) in [7, 11) is 2.76. The zero-order valence-corrected chi connectivity index (χ0v) is 9.23. The Labute approximate surface area is 95.8 Å². The van der Waals surface area contributed by atoms with Crippen LogP contribution in [0.1, 0.15) is 20.8 Å². The van der Waals surface area contributed by atoms with Crippen molar-refractivity contribution >= 4 is 23.2 Å². The fourth-order valence-corrected chi connectivity index (χ4v) is 1.74. The fraction of sp³-hybridized carbons (Fsp3) is 0.182. The molecule has 5 nitrogen and oxygen atoms in total. The number of aromatic nitrogens is 2. The normalized spacial score (nSPS) is 10.5. The van der Waals surface area contributed by atoms with Crippen LogP contribution in [0.15, 0.2) is 12.1 Å². The molecule has 0 aliphatic carbocycles. The van der Waals surface area contributed by atoms with Crippen LogP contribution in [-0.2, 0) is 11.8 Å². The van der Waals surface area contributed by atoms with Gasteiger partial charge in [-0.2, -0.15) is 5.10 Å². The minimum absolute atomic E-state index is 0.00213. The molecule has 1 aromatic carbocycles. The summed E-state index contributed by atoms with van der Waals surface area (Å²) < 4.78 is 19.2. The molecule has 17 heavy (non-hydrogen) atoms. The van der Waals surface area contributed by atoms with E-state index in [2.05, 4.69) is 9.84 Å². The maximum Gasteiger partial charge on any atom is 0.338 e. The van der Waals surface area contributed by atoms with Crippen LogP contribution < -0.4 is 0 Å². The Morgan fingerprint density at radius 3 is 2.82 bits per heavy atom. The van der Waals surface area contributed by atoms with Gasteiger partial charge >= 0.3 is 5.97 Å². The average Bonchev–Trinajstić information content (AvgIpc) is 2.64. The quantitative estimate of drug-likeness (QED) is 0.582. The second-order valence-corrected chi connectivity index (χ2v) is 3.47. The number of carbonyl (C=O) groups is 2. The monoisotopic (exact) mass is 236 g/mol. The predicted octanol–water partition coefficient (Wildman–Crippen LogP) is 1.31. The summed E-state index contributed by atoms with van der Waals surface area (Å²) in [5.74, 6) is -1.29. The van der Waals surface area contributed by atoms with Crippen LogP contribution in [0.3, 0.4) is 0 Å². The Hall–Kier alpha value is -2.24. The first kappa shape index (κ1) is 11.3. The molecule has 0 fully saturated rings. The SMILES string of the molecule is COC(=O)c1cc(F)cc2c1c(C=O)nn2C. The Balaban J connectivity index is 2.90. The van der Waals surface area contributed by atoms with Crippen molar-refractivity contribution in [2.24, 2.45) is 7.05 Å².